The molecule has 0 spiro atoms. The Morgan fingerprint density at radius 2 is 2.15 bits per heavy atom. The lowest BCUT2D eigenvalue weighted by molar-refractivity contribution is 0.102. The number of benzene rings is 1. The second kappa shape index (κ2) is 8.67. The molecule has 3 aromatic rings. The van der Waals surface area contributed by atoms with Gasteiger partial charge < -0.3 is 15.6 Å². The Labute approximate surface area is 194 Å². The summed E-state index contributed by atoms with van der Waals surface area (Å²) in [5.41, 5.74) is 8.08. The number of anilines is 1. The van der Waals surface area contributed by atoms with Crippen LogP contribution in [0.5, 0.6) is 0 Å². The van der Waals surface area contributed by atoms with E-state index in [0.717, 1.165) is 11.3 Å². The first-order chi connectivity index (χ1) is 15.7. The molecule has 0 aliphatic carbocycles. The summed E-state index contributed by atoms with van der Waals surface area (Å²) < 4.78 is 20.3. The molecule has 1 amide bonds. The van der Waals surface area contributed by atoms with Gasteiger partial charge in [0.2, 0.25) is 0 Å². The fraction of sp³-hybridized carbons (Fsp3) is 0.261. The van der Waals surface area contributed by atoms with Crippen LogP contribution in [0.3, 0.4) is 0 Å². The molecule has 0 bridgehead atoms. The first kappa shape index (κ1) is 22.5. The number of nitriles is 1. The van der Waals surface area contributed by atoms with E-state index in [1.165, 1.54) is 42.2 Å². The molecule has 3 heterocycles. The number of amides is 1. The molecule has 33 heavy (non-hydrogen) atoms. The topological polar surface area (TPSA) is 130 Å². The summed E-state index contributed by atoms with van der Waals surface area (Å²) in [5, 5.41) is 15.9. The van der Waals surface area contributed by atoms with Gasteiger partial charge in [-0.2, -0.15) is 5.26 Å². The fourth-order valence-electron chi connectivity index (χ4n) is 3.95. The lowest BCUT2D eigenvalue weighted by atomic mass is 9.85. The predicted octanol–water partition coefficient (Wildman–Crippen LogP) is 4.36. The minimum atomic E-state index is -0.965. The Morgan fingerprint density at radius 3 is 2.79 bits per heavy atom. The Balaban J connectivity index is 1.64. The number of pyridine rings is 1. The highest BCUT2D eigenvalue weighted by Crippen LogP contribution is 2.48. The third-order valence-corrected chi connectivity index (χ3v) is 6.56. The maximum atomic E-state index is 15.0. The number of aromatic nitrogens is 2. The molecule has 0 unspecified atom stereocenters. The molecular weight excluding hydrogens is 443 g/mol. The van der Waals surface area contributed by atoms with Crippen LogP contribution in [0, 0.1) is 31.0 Å². The Hall–Kier alpha value is -3.71. The smallest absolute Gasteiger partial charge is 0.274 e. The maximum Gasteiger partial charge on any atom is 0.274 e. The van der Waals surface area contributed by atoms with Crippen molar-refractivity contribution in [2.24, 2.45) is 10.7 Å². The number of nitrogens with two attached hydrogens (primary N) is 1. The number of rotatable bonds is 4. The van der Waals surface area contributed by atoms with Crippen molar-refractivity contribution >= 4 is 28.5 Å². The Morgan fingerprint density at radius 1 is 1.36 bits per heavy atom. The second-order valence-corrected chi connectivity index (χ2v) is 9.19. The number of nitrogens with zero attached hydrogens (tertiary/aromatic N) is 4. The van der Waals surface area contributed by atoms with Crippen molar-refractivity contribution in [3.8, 4) is 6.07 Å². The van der Waals surface area contributed by atoms with Crippen molar-refractivity contribution in [2.45, 2.75) is 38.0 Å². The van der Waals surface area contributed by atoms with Crippen molar-refractivity contribution in [3.63, 3.8) is 0 Å². The van der Waals surface area contributed by atoms with Crippen LogP contribution >= 0.6 is 11.8 Å². The second-order valence-electron chi connectivity index (χ2n) is 7.97. The molecule has 4 rings (SSSR count). The molecular formula is C23H21FN6O2S. The number of nitrogens with one attached hydrogen (secondary N) is 1. The van der Waals surface area contributed by atoms with Crippen molar-refractivity contribution in [1.29, 1.82) is 5.26 Å². The predicted molar refractivity (Wildman–Crippen MR) is 123 cm³/mol. The molecule has 1 aliphatic heterocycles. The lowest BCUT2D eigenvalue weighted by Gasteiger charge is -2.35. The van der Waals surface area contributed by atoms with E-state index >= 15 is 0 Å². The largest absolute Gasteiger partial charge is 0.378 e. The van der Waals surface area contributed by atoms with Gasteiger partial charge in [-0.15, -0.1) is 0 Å². The van der Waals surface area contributed by atoms with Crippen LogP contribution < -0.4 is 11.1 Å². The van der Waals surface area contributed by atoms with Crippen LogP contribution in [0.15, 0.2) is 46.0 Å². The van der Waals surface area contributed by atoms with Crippen LogP contribution in [0.25, 0.3) is 0 Å². The van der Waals surface area contributed by atoms with Gasteiger partial charge in [0.25, 0.3) is 5.91 Å². The molecule has 0 saturated heterocycles. The minimum Gasteiger partial charge on any atom is -0.378 e. The van der Waals surface area contributed by atoms with Crippen molar-refractivity contribution < 1.29 is 13.7 Å². The average molecular weight is 465 g/mol. The summed E-state index contributed by atoms with van der Waals surface area (Å²) in [6.07, 6.45) is 1.78. The fourth-order valence-corrected chi connectivity index (χ4v) is 5.36. The monoisotopic (exact) mass is 464 g/mol. The summed E-state index contributed by atoms with van der Waals surface area (Å²) in [6, 6.07) is 9.24. The SMILES string of the molecule is Cc1noc(C)c1[C@@H]1C[C@@](C)(c2cc(NC(=O)c3ccc(C#N)cn3)ccc2F)N=C(N)S1. The van der Waals surface area contributed by atoms with Gasteiger partial charge in [-0.1, -0.05) is 16.9 Å². The third-order valence-electron chi connectivity index (χ3n) is 5.54. The molecule has 1 aliphatic rings. The van der Waals surface area contributed by atoms with Gasteiger partial charge in [0, 0.05) is 28.3 Å². The zero-order valence-electron chi connectivity index (χ0n) is 18.2. The maximum absolute atomic E-state index is 15.0. The molecule has 3 N–H and O–H groups in total. The van der Waals surface area contributed by atoms with Gasteiger partial charge >= 0.3 is 0 Å². The van der Waals surface area contributed by atoms with Crippen LogP contribution in [-0.4, -0.2) is 21.2 Å². The van der Waals surface area contributed by atoms with Crippen LogP contribution in [-0.2, 0) is 5.54 Å². The number of carbonyl (C=O) groups excluding carboxylic acids is 1. The van der Waals surface area contributed by atoms with Crippen molar-refractivity contribution in [2.75, 3.05) is 5.32 Å². The zero-order valence-corrected chi connectivity index (χ0v) is 19.0. The Kier molecular flexibility index (Phi) is 5.91. The quantitative estimate of drug-likeness (QED) is 0.587. The summed E-state index contributed by atoms with van der Waals surface area (Å²) in [5.74, 6) is -0.232. The molecule has 1 aromatic carbocycles. The molecule has 0 radical (unpaired) electrons. The number of thioether (sulfide) groups is 1. The molecule has 2 atom stereocenters. The molecule has 0 saturated carbocycles. The van der Waals surface area contributed by atoms with E-state index in [4.69, 9.17) is 15.5 Å². The molecule has 168 valence electrons. The van der Waals surface area contributed by atoms with Gasteiger partial charge in [-0.25, -0.2) is 9.37 Å². The standard InChI is InChI=1S/C23H21FN6O2S/c1-12-20(13(2)32-30-12)19-9-23(3,29-22(26)33-19)16-8-15(5-6-17(16)24)28-21(31)18-7-4-14(10-25)11-27-18/h4-8,11,19H,9H2,1-3H3,(H2,26,29)(H,28,31)/t19-,23-/m0/s1. The highest BCUT2D eigenvalue weighted by molar-refractivity contribution is 8.14. The molecule has 10 heteroatoms. The van der Waals surface area contributed by atoms with E-state index in [9.17, 15) is 9.18 Å². The van der Waals surface area contributed by atoms with Gasteiger partial charge in [0.15, 0.2) is 5.17 Å². The van der Waals surface area contributed by atoms with E-state index in [-0.39, 0.29) is 10.9 Å². The van der Waals surface area contributed by atoms with Crippen LogP contribution in [0.1, 0.15) is 57.2 Å². The highest BCUT2D eigenvalue weighted by atomic mass is 32.2. The number of carbonyl (C=O) groups is 1. The molecule has 0 fully saturated rings. The van der Waals surface area contributed by atoms with Crippen molar-refractivity contribution in [1.82, 2.24) is 10.1 Å². The van der Waals surface area contributed by atoms with Gasteiger partial charge in [-0.05, 0) is 57.5 Å². The summed E-state index contributed by atoms with van der Waals surface area (Å²) in [7, 11) is 0. The molecule has 8 nitrogen and oxygen atoms in total. The highest BCUT2D eigenvalue weighted by Gasteiger charge is 2.39. The van der Waals surface area contributed by atoms with Gasteiger partial charge in [0.05, 0.1) is 16.8 Å². The van der Waals surface area contributed by atoms with Crippen molar-refractivity contribution in [3.05, 3.63) is 76.2 Å². The first-order valence-electron chi connectivity index (χ1n) is 10.1. The average Bonchev–Trinajstić information content (AvgIpc) is 3.12. The minimum absolute atomic E-state index is 0.112. The number of halogens is 1. The van der Waals surface area contributed by atoms with Crippen LogP contribution in [0.4, 0.5) is 10.1 Å². The van der Waals surface area contributed by atoms with Gasteiger partial charge in [-0.3, -0.25) is 9.79 Å². The van der Waals surface area contributed by atoms with E-state index in [2.05, 4.69) is 20.4 Å². The first-order valence-corrected chi connectivity index (χ1v) is 11.0. The number of aliphatic imine (C=N–C) groups is 1. The van der Waals surface area contributed by atoms with E-state index in [1.54, 1.807) is 6.07 Å². The summed E-state index contributed by atoms with van der Waals surface area (Å²) in [4.78, 5) is 21.1. The van der Waals surface area contributed by atoms with E-state index in [1.807, 2.05) is 26.8 Å². The Bertz CT molecular complexity index is 1280. The van der Waals surface area contributed by atoms with Gasteiger partial charge in [0.1, 0.15) is 23.3 Å². The zero-order chi connectivity index (χ0) is 23.8. The summed E-state index contributed by atoms with van der Waals surface area (Å²) in [6.45, 7) is 5.51. The van der Waals surface area contributed by atoms with E-state index in [0.29, 0.717) is 34.2 Å². The van der Waals surface area contributed by atoms with Crippen LogP contribution in [0.2, 0.25) is 0 Å². The number of hydrogen-bond acceptors (Lipinski definition) is 8. The lowest BCUT2D eigenvalue weighted by Crippen LogP contribution is -2.31. The number of hydrogen-bond donors (Lipinski definition) is 2. The number of amidine groups is 1. The molecule has 2 aromatic heterocycles. The normalized spacial score (nSPS) is 20.1. The third kappa shape index (κ3) is 4.45. The summed E-state index contributed by atoms with van der Waals surface area (Å²) >= 11 is 1.39. The number of aryl methyl sites for hydroxylation is 2. The van der Waals surface area contributed by atoms with E-state index < -0.39 is 17.3 Å².